The number of unbranched alkanes of at least 4 members (excludes halogenated alkanes) is 18. The Kier molecular flexibility index (Phi) is 15.9. The van der Waals surface area contributed by atoms with Gasteiger partial charge in [0.2, 0.25) is 0 Å². The molecule has 10 heteroatoms. The first kappa shape index (κ1) is 48.5. The second-order valence-corrected chi connectivity index (χ2v) is 22.7. The number of benzene rings is 5. The van der Waals surface area contributed by atoms with E-state index in [1.807, 2.05) is 36.4 Å². The molecular formula is C54H72Br2N4O4+2. The fourth-order valence-corrected chi connectivity index (χ4v) is 11.7. The van der Waals surface area contributed by atoms with Gasteiger partial charge in [0.05, 0.1) is 55.4 Å². The molecule has 2 heterocycles. The van der Waals surface area contributed by atoms with E-state index in [2.05, 4.69) is 74.1 Å². The summed E-state index contributed by atoms with van der Waals surface area (Å²) in [6.45, 7) is 3.28. The highest BCUT2D eigenvalue weighted by Gasteiger charge is 2.38. The molecule has 0 spiro atoms. The lowest BCUT2D eigenvalue weighted by molar-refractivity contribution is -0.870. The summed E-state index contributed by atoms with van der Waals surface area (Å²) in [4.78, 5) is 59.6. The molecule has 0 saturated heterocycles. The Labute approximate surface area is 398 Å². The van der Waals surface area contributed by atoms with Gasteiger partial charge < -0.3 is 8.97 Å². The quantitative estimate of drug-likeness (QED) is 0.0182. The van der Waals surface area contributed by atoms with Gasteiger partial charge >= 0.3 is 0 Å². The van der Waals surface area contributed by atoms with E-state index in [-0.39, 0.29) is 23.6 Å². The maximum Gasteiger partial charge on any atom is 0.261 e. The maximum absolute atomic E-state index is 14.2. The van der Waals surface area contributed by atoms with Crippen molar-refractivity contribution in [3.05, 3.63) is 67.6 Å². The zero-order valence-electron chi connectivity index (χ0n) is 39.6. The van der Waals surface area contributed by atoms with Crippen LogP contribution in [0.25, 0.3) is 43.1 Å². The molecule has 2 aliphatic heterocycles. The van der Waals surface area contributed by atoms with Crippen LogP contribution in [-0.2, 0) is 0 Å². The first-order chi connectivity index (χ1) is 30.6. The number of fused-ring (bicyclic) bond motifs is 2. The van der Waals surface area contributed by atoms with Crippen molar-refractivity contribution in [1.29, 1.82) is 0 Å². The molecule has 5 aromatic rings. The van der Waals surface area contributed by atoms with Crippen LogP contribution < -0.4 is 0 Å². The summed E-state index contributed by atoms with van der Waals surface area (Å²) in [5.41, 5.74) is 2.13. The topological polar surface area (TPSA) is 74.8 Å². The highest BCUT2D eigenvalue weighted by Crippen LogP contribution is 2.50. The van der Waals surface area contributed by atoms with Gasteiger partial charge in [0.25, 0.3) is 23.6 Å². The van der Waals surface area contributed by atoms with Gasteiger partial charge in [0.15, 0.2) is 0 Å². The average Bonchev–Trinajstić information content (AvgIpc) is 3.24. The Morgan fingerprint density at radius 1 is 0.359 bits per heavy atom. The first-order valence-corrected chi connectivity index (χ1v) is 26.1. The molecule has 344 valence electrons. The highest BCUT2D eigenvalue weighted by molar-refractivity contribution is 9.11. The maximum atomic E-state index is 14.2. The largest absolute Gasteiger partial charge is 0.331 e. The van der Waals surface area contributed by atoms with E-state index in [1.54, 1.807) is 0 Å². The molecule has 0 aliphatic carbocycles. The van der Waals surface area contributed by atoms with Crippen LogP contribution >= 0.6 is 31.9 Å². The SMILES string of the molecule is C[N+](C)(C)CCCCCCCCCCCCN1C(=O)c2ccc3c4c(Br)cc5c6c(ccc(c7c(Br)cc(c2c37)C1=O)c64)C(=O)N(CCCCCCCCCCCC[N+](C)(C)C)C5=O. The lowest BCUT2D eigenvalue weighted by Gasteiger charge is -2.31. The molecule has 0 saturated carbocycles. The van der Waals surface area contributed by atoms with Gasteiger partial charge in [0.1, 0.15) is 0 Å². The van der Waals surface area contributed by atoms with Crippen LogP contribution in [0.3, 0.4) is 0 Å². The minimum Gasteiger partial charge on any atom is -0.331 e. The minimum atomic E-state index is -0.254. The van der Waals surface area contributed by atoms with E-state index in [9.17, 15) is 19.2 Å². The van der Waals surface area contributed by atoms with Crippen molar-refractivity contribution in [2.75, 3.05) is 68.5 Å². The number of carbonyl (C=O) groups is 4. The van der Waals surface area contributed by atoms with Crippen LogP contribution in [0.15, 0.2) is 45.3 Å². The Bertz CT molecular complexity index is 2340. The van der Waals surface area contributed by atoms with E-state index in [0.29, 0.717) is 46.1 Å². The monoisotopic (exact) mass is 998 g/mol. The van der Waals surface area contributed by atoms with Gasteiger partial charge in [-0.15, -0.1) is 0 Å². The molecule has 0 N–H and O–H groups in total. The van der Waals surface area contributed by atoms with E-state index in [4.69, 9.17) is 0 Å². The van der Waals surface area contributed by atoms with E-state index >= 15 is 0 Å². The van der Waals surface area contributed by atoms with Gasteiger partial charge in [-0.25, -0.2) is 0 Å². The standard InChI is InChI=1S/C54H72Br2N4O4/c1-59(2,3)33-25-21-17-13-9-7-11-15-19-23-31-57-51(61)39-29-27-37-48-44(56)36-42-46-40(30-28-38(50(46)48)47-43(55)35-41(53(57)63)45(39)49(37)47)52(62)58(54(42)64)32-24-20-16-12-8-10-14-18-22-26-34-60(4,5)6/h27-30,35-36H,7-26,31-34H2,1-6H3/q+2. The molecule has 0 bridgehead atoms. The van der Waals surface area contributed by atoms with Crippen LogP contribution in [0.5, 0.6) is 0 Å². The molecule has 64 heavy (non-hydrogen) atoms. The highest BCUT2D eigenvalue weighted by atomic mass is 79.9. The van der Waals surface area contributed by atoms with Gasteiger partial charge in [-0.3, -0.25) is 29.0 Å². The lowest BCUT2D eigenvalue weighted by atomic mass is 9.82. The van der Waals surface area contributed by atoms with Crippen molar-refractivity contribution in [3.8, 4) is 0 Å². The van der Waals surface area contributed by atoms with Crippen molar-refractivity contribution in [3.63, 3.8) is 0 Å². The van der Waals surface area contributed by atoms with Gasteiger partial charge in [-0.05, 0) is 73.6 Å². The predicted molar refractivity (Wildman–Crippen MR) is 272 cm³/mol. The molecule has 2 aliphatic rings. The number of hydrogen-bond donors (Lipinski definition) is 0. The molecule has 0 aromatic heterocycles. The van der Waals surface area contributed by atoms with Crippen LogP contribution in [0.4, 0.5) is 0 Å². The number of halogens is 2. The number of quaternary nitrogens is 2. The Morgan fingerprint density at radius 3 is 0.953 bits per heavy atom. The van der Waals surface area contributed by atoms with Crippen molar-refractivity contribution >= 4 is 98.6 Å². The molecule has 0 radical (unpaired) electrons. The normalized spacial score (nSPS) is 14.6. The smallest absolute Gasteiger partial charge is 0.261 e. The van der Waals surface area contributed by atoms with Crippen molar-refractivity contribution < 1.29 is 28.1 Å². The molecule has 0 fully saturated rings. The first-order valence-electron chi connectivity index (χ1n) is 24.5. The van der Waals surface area contributed by atoms with Crippen molar-refractivity contribution in [2.24, 2.45) is 0 Å². The summed E-state index contributed by atoms with van der Waals surface area (Å²) in [5, 5.41) is 6.54. The number of imide groups is 2. The number of carbonyl (C=O) groups excluding carboxylic acids is 4. The second kappa shape index (κ2) is 21.0. The summed E-state index contributed by atoms with van der Waals surface area (Å²) in [6, 6.07) is 11.4. The Hall–Kier alpha value is -3.44. The molecule has 4 amide bonds. The minimum absolute atomic E-state index is 0.244. The van der Waals surface area contributed by atoms with Gasteiger partial charge in [-0.2, -0.15) is 0 Å². The van der Waals surface area contributed by atoms with E-state index in [1.165, 1.54) is 113 Å². The predicted octanol–water partition coefficient (Wildman–Crippen LogP) is 13.7. The van der Waals surface area contributed by atoms with Crippen LogP contribution in [0, 0.1) is 0 Å². The third-order valence-electron chi connectivity index (χ3n) is 13.8. The molecule has 5 aromatic carbocycles. The Balaban J connectivity index is 0.999. The van der Waals surface area contributed by atoms with Crippen molar-refractivity contribution in [2.45, 2.75) is 128 Å². The molecule has 7 rings (SSSR count). The van der Waals surface area contributed by atoms with Crippen LogP contribution in [0.1, 0.15) is 170 Å². The summed E-state index contributed by atoms with van der Waals surface area (Å²) in [7, 11) is 13.5. The summed E-state index contributed by atoms with van der Waals surface area (Å²) < 4.78 is 3.57. The number of hydrogen-bond acceptors (Lipinski definition) is 4. The van der Waals surface area contributed by atoms with Crippen LogP contribution in [0.2, 0.25) is 0 Å². The summed E-state index contributed by atoms with van der Waals surface area (Å²) >= 11 is 7.73. The van der Waals surface area contributed by atoms with Gasteiger partial charge in [-0.1, -0.05) is 134 Å². The summed E-state index contributed by atoms with van der Waals surface area (Å²) in [6.07, 6.45) is 23.6. The van der Waals surface area contributed by atoms with Crippen LogP contribution in [-0.4, -0.2) is 111 Å². The lowest BCUT2D eigenvalue weighted by Crippen LogP contribution is -2.41. The number of nitrogens with zero attached hydrogens (tertiary/aromatic N) is 4. The molecular weight excluding hydrogens is 928 g/mol. The third-order valence-corrected chi connectivity index (χ3v) is 15.1. The molecule has 0 atom stereocenters. The van der Waals surface area contributed by atoms with Gasteiger partial charge in [0, 0.05) is 76.6 Å². The molecule has 0 unspecified atom stereocenters. The van der Waals surface area contributed by atoms with Crippen molar-refractivity contribution in [1.82, 2.24) is 9.80 Å². The fourth-order valence-electron chi connectivity index (χ4n) is 10.4. The number of amides is 4. The number of rotatable bonds is 26. The molecule has 8 nitrogen and oxygen atoms in total. The summed E-state index contributed by atoms with van der Waals surface area (Å²) in [5.74, 6) is -0.997. The zero-order chi connectivity index (χ0) is 45.8. The zero-order valence-corrected chi connectivity index (χ0v) is 42.8. The third kappa shape index (κ3) is 10.7. The Morgan fingerprint density at radius 2 is 0.641 bits per heavy atom. The fraction of sp³-hybridized carbons (Fsp3) is 0.556. The van der Waals surface area contributed by atoms with E-state index in [0.717, 1.165) is 88.8 Å². The second-order valence-electron chi connectivity index (χ2n) is 21.0. The average molecular weight is 1000 g/mol. The van der Waals surface area contributed by atoms with E-state index < -0.39 is 0 Å².